The topological polar surface area (TPSA) is 86.3 Å². The monoisotopic (exact) mass is 376 g/mol. The zero-order valence-electron chi connectivity index (χ0n) is 15.9. The Kier molecular flexibility index (Phi) is 4.52. The fraction of sp³-hybridized carbons (Fsp3) is 0.200. The van der Waals surface area contributed by atoms with Gasteiger partial charge < -0.3 is 10.1 Å². The molecule has 3 heterocycles. The van der Waals surface area contributed by atoms with Gasteiger partial charge in [0.15, 0.2) is 11.3 Å². The molecule has 0 fully saturated rings. The second kappa shape index (κ2) is 7.15. The Balaban J connectivity index is 1.70. The fourth-order valence-electron chi connectivity index (χ4n) is 3.00. The number of carbonyl (C=O) groups excluding carboxylic acids is 1. The van der Waals surface area contributed by atoms with E-state index in [1.165, 1.54) is 0 Å². The molecule has 0 aliphatic rings. The van der Waals surface area contributed by atoms with Gasteiger partial charge in [-0.25, -0.2) is 9.50 Å². The number of fused-ring (bicyclic) bond motifs is 1. The predicted octanol–water partition coefficient (Wildman–Crippen LogP) is 3.09. The lowest BCUT2D eigenvalue weighted by Gasteiger charge is -2.10. The minimum Gasteiger partial charge on any atom is -0.492 e. The van der Waals surface area contributed by atoms with E-state index in [1.807, 2.05) is 45.2 Å². The minimum atomic E-state index is -0.327. The summed E-state index contributed by atoms with van der Waals surface area (Å²) in [6.07, 6.45) is 3.48. The van der Waals surface area contributed by atoms with Crippen molar-refractivity contribution < 1.29 is 9.53 Å². The van der Waals surface area contributed by atoms with E-state index in [4.69, 9.17) is 4.74 Å². The molecule has 0 spiro atoms. The van der Waals surface area contributed by atoms with Crippen LogP contribution in [0.15, 0.2) is 48.8 Å². The Bertz CT molecular complexity index is 1160. The van der Waals surface area contributed by atoms with Crippen molar-refractivity contribution in [2.45, 2.75) is 13.8 Å². The van der Waals surface area contributed by atoms with Gasteiger partial charge in [0.25, 0.3) is 5.91 Å². The Morgan fingerprint density at radius 2 is 2.07 bits per heavy atom. The molecule has 142 valence electrons. The lowest BCUT2D eigenvalue weighted by atomic mass is 10.2. The number of nitrogens with one attached hydrogen (secondary N) is 1. The normalized spacial score (nSPS) is 11.0. The molecule has 28 heavy (non-hydrogen) atoms. The molecule has 1 amide bonds. The number of rotatable bonds is 5. The Hall–Kier alpha value is -3.68. The number of amides is 1. The third-order valence-corrected chi connectivity index (χ3v) is 4.54. The molecule has 0 atom stereocenters. The number of benzene rings is 1. The first-order valence-corrected chi connectivity index (χ1v) is 8.95. The van der Waals surface area contributed by atoms with Gasteiger partial charge in [0, 0.05) is 30.6 Å². The third-order valence-electron chi connectivity index (χ3n) is 4.54. The van der Waals surface area contributed by atoms with Crippen LogP contribution in [0.3, 0.4) is 0 Å². The summed E-state index contributed by atoms with van der Waals surface area (Å²) < 4.78 is 9.02. The van der Waals surface area contributed by atoms with E-state index in [1.54, 1.807) is 33.7 Å². The third kappa shape index (κ3) is 3.09. The first-order valence-electron chi connectivity index (χ1n) is 8.95. The molecule has 0 unspecified atom stereocenters. The molecule has 1 N–H and O–H groups in total. The zero-order valence-corrected chi connectivity index (χ0v) is 15.9. The lowest BCUT2D eigenvalue weighted by molar-refractivity contribution is 0.102. The SMILES string of the molecule is CCOc1ccccc1NC(=O)c1cc2nccc(-c3cnn(C)c3C)n2n1. The highest BCUT2D eigenvalue weighted by Crippen LogP contribution is 2.25. The summed E-state index contributed by atoms with van der Waals surface area (Å²) in [6, 6.07) is 10.8. The summed E-state index contributed by atoms with van der Waals surface area (Å²) in [5.41, 5.74) is 4.22. The minimum absolute atomic E-state index is 0.271. The van der Waals surface area contributed by atoms with E-state index >= 15 is 0 Å². The van der Waals surface area contributed by atoms with Crippen LogP contribution in [0.25, 0.3) is 16.9 Å². The molecule has 1 aromatic carbocycles. The van der Waals surface area contributed by atoms with E-state index in [9.17, 15) is 4.79 Å². The fourth-order valence-corrected chi connectivity index (χ4v) is 3.00. The van der Waals surface area contributed by atoms with Gasteiger partial charge in [0.1, 0.15) is 5.75 Å². The summed E-state index contributed by atoms with van der Waals surface area (Å²) in [4.78, 5) is 17.1. The molecule has 0 saturated heterocycles. The van der Waals surface area contributed by atoms with Gasteiger partial charge in [-0.1, -0.05) is 12.1 Å². The van der Waals surface area contributed by atoms with Crippen molar-refractivity contribution in [1.82, 2.24) is 24.4 Å². The molecular formula is C20H20N6O2. The molecular weight excluding hydrogens is 356 g/mol. The highest BCUT2D eigenvalue weighted by atomic mass is 16.5. The van der Waals surface area contributed by atoms with Crippen LogP contribution in [-0.2, 0) is 7.05 Å². The number of para-hydroxylation sites is 2. The Labute approximate surface area is 161 Å². The molecule has 0 aliphatic carbocycles. The maximum absolute atomic E-state index is 12.8. The molecule has 0 saturated carbocycles. The van der Waals surface area contributed by atoms with E-state index in [0.29, 0.717) is 23.7 Å². The largest absolute Gasteiger partial charge is 0.492 e. The van der Waals surface area contributed by atoms with Crippen molar-refractivity contribution in [2.75, 3.05) is 11.9 Å². The summed E-state index contributed by atoms with van der Waals surface area (Å²) >= 11 is 0. The van der Waals surface area contributed by atoms with Gasteiger partial charge in [-0.3, -0.25) is 9.48 Å². The van der Waals surface area contributed by atoms with Gasteiger partial charge in [0.2, 0.25) is 0 Å². The molecule has 0 radical (unpaired) electrons. The smallest absolute Gasteiger partial charge is 0.276 e. The van der Waals surface area contributed by atoms with Crippen molar-refractivity contribution in [1.29, 1.82) is 0 Å². The number of hydrogen-bond donors (Lipinski definition) is 1. The van der Waals surface area contributed by atoms with Crippen LogP contribution in [0.2, 0.25) is 0 Å². The Morgan fingerprint density at radius 1 is 1.25 bits per heavy atom. The van der Waals surface area contributed by atoms with Crippen molar-refractivity contribution in [3.63, 3.8) is 0 Å². The summed E-state index contributed by atoms with van der Waals surface area (Å²) in [7, 11) is 1.88. The summed E-state index contributed by atoms with van der Waals surface area (Å²) in [5, 5.41) is 11.6. The number of ether oxygens (including phenoxy) is 1. The number of aromatic nitrogens is 5. The van der Waals surface area contributed by atoms with E-state index < -0.39 is 0 Å². The molecule has 3 aromatic heterocycles. The van der Waals surface area contributed by atoms with Gasteiger partial charge >= 0.3 is 0 Å². The predicted molar refractivity (Wildman–Crippen MR) is 105 cm³/mol. The number of aryl methyl sites for hydroxylation is 1. The molecule has 4 rings (SSSR count). The van der Waals surface area contributed by atoms with Crippen LogP contribution in [-0.4, -0.2) is 36.9 Å². The second-order valence-corrected chi connectivity index (χ2v) is 6.28. The van der Waals surface area contributed by atoms with Crippen LogP contribution in [0.4, 0.5) is 5.69 Å². The number of anilines is 1. The van der Waals surface area contributed by atoms with Gasteiger partial charge in [0.05, 0.1) is 24.2 Å². The van der Waals surface area contributed by atoms with E-state index in [-0.39, 0.29) is 11.6 Å². The standard InChI is InChI=1S/C20H20N6O2/c1-4-28-18-8-6-5-7-15(18)23-20(27)16-11-19-21-10-9-17(26(19)24-16)14-12-22-25(3)13(14)2/h5-12H,4H2,1-3H3,(H,23,27). The molecule has 0 bridgehead atoms. The summed E-state index contributed by atoms with van der Waals surface area (Å²) in [5.74, 6) is 0.290. The van der Waals surface area contributed by atoms with Gasteiger partial charge in [-0.05, 0) is 32.0 Å². The highest BCUT2D eigenvalue weighted by molar-refractivity contribution is 6.04. The van der Waals surface area contributed by atoms with Gasteiger partial charge in [-0.2, -0.15) is 10.2 Å². The average molecular weight is 376 g/mol. The van der Waals surface area contributed by atoms with Crippen LogP contribution >= 0.6 is 0 Å². The average Bonchev–Trinajstić information content (AvgIpc) is 3.27. The van der Waals surface area contributed by atoms with Crippen LogP contribution < -0.4 is 10.1 Å². The molecule has 4 aromatic rings. The van der Waals surface area contributed by atoms with Crippen molar-refractivity contribution >= 4 is 17.2 Å². The molecule has 0 aliphatic heterocycles. The zero-order chi connectivity index (χ0) is 19.7. The number of nitrogens with zero attached hydrogens (tertiary/aromatic N) is 5. The number of hydrogen-bond acceptors (Lipinski definition) is 5. The van der Waals surface area contributed by atoms with E-state index in [0.717, 1.165) is 17.0 Å². The van der Waals surface area contributed by atoms with Crippen LogP contribution in [0, 0.1) is 6.92 Å². The van der Waals surface area contributed by atoms with E-state index in [2.05, 4.69) is 20.5 Å². The van der Waals surface area contributed by atoms with Crippen LogP contribution in [0.1, 0.15) is 23.1 Å². The van der Waals surface area contributed by atoms with Gasteiger partial charge in [-0.15, -0.1) is 0 Å². The highest BCUT2D eigenvalue weighted by Gasteiger charge is 2.17. The summed E-state index contributed by atoms with van der Waals surface area (Å²) in [6.45, 7) is 4.39. The van der Waals surface area contributed by atoms with Crippen molar-refractivity contribution in [3.8, 4) is 17.0 Å². The first-order chi connectivity index (χ1) is 13.6. The van der Waals surface area contributed by atoms with Crippen molar-refractivity contribution in [3.05, 3.63) is 60.2 Å². The maximum atomic E-state index is 12.8. The lowest BCUT2D eigenvalue weighted by Crippen LogP contribution is -2.13. The first kappa shape index (κ1) is 17.7. The number of carbonyl (C=O) groups is 1. The quantitative estimate of drug-likeness (QED) is 0.578. The van der Waals surface area contributed by atoms with Crippen molar-refractivity contribution in [2.24, 2.45) is 7.05 Å². The van der Waals surface area contributed by atoms with Crippen LogP contribution in [0.5, 0.6) is 5.75 Å². The molecule has 8 nitrogen and oxygen atoms in total. The second-order valence-electron chi connectivity index (χ2n) is 6.28. The maximum Gasteiger partial charge on any atom is 0.276 e. The Morgan fingerprint density at radius 3 is 2.82 bits per heavy atom. The molecule has 8 heteroatoms.